The van der Waals surface area contributed by atoms with Gasteiger partial charge in [0.2, 0.25) is 0 Å². The van der Waals surface area contributed by atoms with Gasteiger partial charge in [0.05, 0.1) is 12.8 Å². The molecule has 7 nitrogen and oxygen atoms in total. The standard InChI is InChI=1S/C22H21BrN4O3/c1-30-18-8-4-16(5-9-18)21(28)26-10-12-27(13-11-26)22(29)20-14-19(24-25-20)15-2-6-17(23)7-3-15/h2-9,14H,10-13H2,1H3,(H,24,25). The Bertz CT molecular complexity index is 1040. The van der Waals surface area contributed by atoms with Crippen LogP contribution in [-0.4, -0.2) is 65.1 Å². The highest BCUT2D eigenvalue weighted by Crippen LogP contribution is 2.21. The largest absolute Gasteiger partial charge is 0.497 e. The molecule has 2 heterocycles. The van der Waals surface area contributed by atoms with Gasteiger partial charge in [-0.2, -0.15) is 5.10 Å². The van der Waals surface area contributed by atoms with Gasteiger partial charge in [-0.05, 0) is 42.5 Å². The summed E-state index contributed by atoms with van der Waals surface area (Å²) in [7, 11) is 1.59. The van der Waals surface area contributed by atoms with E-state index in [4.69, 9.17) is 4.74 Å². The van der Waals surface area contributed by atoms with Crippen molar-refractivity contribution < 1.29 is 14.3 Å². The fraction of sp³-hybridized carbons (Fsp3) is 0.227. The maximum absolute atomic E-state index is 12.8. The Morgan fingerprint density at radius 2 is 1.53 bits per heavy atom. The molecule has 1 fully saturated rings. The molecule has 1 aromatic heterocycles. The van der Waals surface area contributed by atoms with E-state index in [1.807, 2.05) is 24.3 Å². The van der Waals surface area contributed by atoms with Crippen molar-refractivity contribution in [1.29, 1.82) is 0 Å². The van der Waals surface area contributed by atoms with Crippen LogP contribution in [0, 0.1) is 0 Å². The number of methoxy groups -OCH3 is 1. The number of H-pyrrole nitrogens is 1. The van der Waals surface area contributed by atoms with Crippen LogP contribution in [0.15, 0.2) is 59.1 Å². The molecule has 0 atom stereocenters. The average Bonchev–Trinajstić information content (AvgIpc) is 3.29. The number of rotatable bonds is 4. The van der Waals surface area contributed by atoms with Crippen LogP contribution < -0.4 is 4.74 Å². The molecule has 0 aliphatic carbocycles. The molecular formula is C22H21BrN4O3. The van der Waals surface area contributed by atoms with Crippen LogP contribution in [0.25, 0.3) is 11.3 Å². The molecule has 0 saturated carbocycles. The third-order valence-electron chi connectivity index (χ3n) is 5.14. The van der Waals surface area contributed by atoms with Crippen LogP contribution in [-0.2, 0) is 0 Å². The molecule has 4 rings (SSSR count). The van der Waals surface area contributed by atoms with Gasteiger partial charge in [0.15, 0.2) is 0 Å². The number of aromatic amines is 1. The first-order valence-corrected chi connectivity index (χ1v) is 10.4. The second-order valence-electron chi connectivity index (χ2n) is 6.99. The summed E-state index contributed by atoms with van der Waals surface area (Å²) in [5, 5.41) is 7.11. The molecule has 0 bridgehead atoms. The number of aromatic nitrogens is 2. The molecule has 3 aromatic rings. The van der Waals surface area contributed by atoms with Gasteiger partial charge in [-0.3, -0.25) is 14.7 Å². The van der Waals surface area contributed by atoms with E-state index in [0.29, 0.717) is 43.2 Å². The van der Waals surface area contributed by atoms with Crippen molar-refractivity contribution in [3.8, 4) is 17.0 Å². The number of carbonyl (C=O) groups excluding carboxylic acids is 2. The van der Waals surface area contributed by atoms with Crippen LogP contribution in [0.5, 0.6) is 5.75 Å². The highest BCUT2D eigenvalue weighted by Gasteiger charge is 2.26. The van der Waals surface area contributed by atoms with Crippen LogP contribution >= 0.6 is 15.9 Å². The van der Waals surface area contributed by atoms with Crippen molar-refractivity contribution in [3.63, 3.8) is 0 Å². The van der Waals surface area contributed by atoms with E-state index in [9.17, 15) is 9.59 Å². The Labute approximate surface area is 182 Å². The molecule has 2 aromatic carbocycles. The van der Waals surface area contributed by atoms with Gasteiger partial charge in [-0.15, -0.1) is 0 Å². The minimum Gasteiger partial charge on any atom is -0.497 e. The van der Waals surface area contributed by atoms with E-state index in [1.54, 1.807) is 47.2 Å². The first-order valence-electron chi connectivity index (χ1n) is 9.59. The minimum atomic E-state index is -0.109. The van der Waals surface area contributed by atoms with Crippen molar-refractivity contribution in [3.05, 3.63) is 70.3 Å². The van der Waals surface area contributed by atoms with Gasteiger partial charge in [-0.1, -0.05) is 28.1 Å². The monoisotopic (exact) mass is 468 g/mol. The second kappa shape index (κ2) is 8.71. The van der Waals surface area contributed by atoms with Crippen molar-refractivity contribution in [2.45, 2.75) is 0 Å². The van der Waals surface area contributed by atoms with Crippen LogP contribution in [0.3, 0.4) is 0 Å². The predicted molar refractivity (Wildman–Crippen MR) is 117 cm³/mol. The lowest BCUT2D eigenvalue weighted by Crippen LogP contribution is -2.50. The number of hydrogen-bond donors (Lipinski definition) is 1. The van der Waals surface area contributed by atoms with Crippen molar-refractivity contribution in [2.24, 2.45) is 0 Å². The van der Waals surface area contributed by atoms with Gasteiger partial charge in [0.25, 0.3) is 11.8 Å². The first kappa shape index (κ1) is 20.2. The molecule has 1 N–H and O–H groups in total. The highest BCUT2D eigenvalue weighted by molar-refractivity contribution is 9.10. The molecule has 1 aliphatic heterocycles. The third kappa shape index (κ3) is 4.23. The van der Waals surface area contributed by atoms with E-state index in [-0.39, 0.29) is 11.8 Å². The summed E-state index contributed by atoms with van der Waals surface area (Å²) in [5.74, 6) is 0.565. The zero-order chi connectivity index (χ0) is 21.1. The molecule has 1 aliphatic rings. The summed E-state index contributed by atoms with van der Waals surface area (Å²) in [4.78, 5) is 29.1. The Balaban J connectivity index is 1.37. The molecule has 1 saturated heterocycles. The van der Waals surface area contributed by atoms with Crippen LogP contribution in [0.4, 0.5) is 0 Å². The first-order chi connectivity index (χ1) is 14.5. The number of amides is 2. The van der Waals surface area contributed by atoms with E-state index in [0.717, 1.165) is 15.7 Å². The normalized spacial score (nSPS) is 13.9. The van der Waals surface area contributed by atoms with Crippen molar-refractivity contribution >= 4 is 27.7 Å². The van der Waals surface area contributed by atoms with Gasteiger partial charge >= 0.3 is 0 Å². The van der Waals surface area contributed by atoms with E-state index < -0.39 is 0 Å². The van der Waals surface area contributed by atoms with E-state index in [2.05, 4.69) is 26.1 Å². The molecule has 0 radical (unpaired) electrons. The number of benzene rings is 2. The molecular weight excluding hydrogens is 448 g/mol. The van der Waals surface area contributed by atoms with Gasteiger partial charge in [0, 0.05) is 41.8 Å². The van der Waals surface area contributed by atoms with Gasteiger partial charge in [0.1, 0.15) is 11.4 Å². The number of hydrogen-bond acceptors (Lipinski definition) is 4. The number of nitrogens with one attached hydrogen (secondary N) is 1. The lowest BCUT2D eigenvalue weighted by Gasteiger charge is -2.34. The van der Waals surface area contributed by atoms with E-state index >= 15 is 0 Å². The molecule has 8 heteroatoms. The number of ether oxygens (including phenoxy) is 1. The van der Waals surface area contributed by atoms with E-state index in [1.165, 1.54) is 0 Å². The molecule has 30 heavy (non-hydrogen) atoms. The van der Waals surface area contributed by atoms with Gasteiger partial charge < -0.3 is 14.5 Å². The smallest absolute Gasteiger partial charge is 0.272 e. The SMILES string of the molecule is COc1ccc(C(=O)N2CCN(C(=O)c3cc(-c4ccc(Br)cc4)n[nH]3)CC2)cc1. The summed E-state index contributed by atoms with van der Waals surface area (Å²) >= 11 is 3.41. The van der Waals surface area contributed by atoms with Crippen molar-refractivity contribution in [2.75, 3.05) is 33.3 Å². The summed E-state index contributed by atoms with van der Waals surface area (Å²) in [6.07, 6.45) is 0. The van der Waals surface area contributed by atoms with Crippen molar-refractivity contribution in [1.82, 2.24) is 20.0 Å². The highest BCUT2D eigenvalue weighted by atomic mass is 79.9. The second-order valence-corrected chi connectivity index (χ2v) is 7.90. The quantitative estimate of drug-likeness (QED) is 0.635. The fourth-order valence-electron chi connectivity index (χ4n) is 3.40. The predicted octanol–water partition coefficient (Wildman–Crippen LogP) is 3.45. The zero-order valence-corrected chi connectivity index (χ0v) is 18.1. The average molecular weight is 469 g/mol. The maximum atomic E-state index is 12.8. The maximum Gasteiger partial charge on any atom is 0.272 e. The summed E-state index contributed by atoms with van der Waals surface area (Å²) < 4.78 is 6.12. The molecule has 0 spiro atoms. The number of halogens is 1. The Morgan fingerprint density at radius 3 is 2.13 bits per heavy atom. The number of nitrogens with zero attached hydrogens (tertiary/aromatic N) is 3. The molecule has 0 unspecified atom stereocenters. The summed E-state index contributed by atoms with van der Waals surface area (Å²) in [6, 6.07) is 16.6. The molecule has 2 amide bonds. The molecule has 154 valence electrons. The lowest BCUT2D eigenvalue weighted by atomic mass is 10.1. The fourth-order valence-corrected chi connectivity index (χ4v) is 3.66. The Kier molecular flexibility index (Phi) is 5.85. The summed E-state index contributed by atoms with van der Waals surface area (Å²) in [5.41, 5.74) is 2.72. The van der Waals surface area contributed by atoms with Gasteiger partial charge in [-0.25, -0.2) is 0 Å². The van der Waals surface area contributed by atoms with Crippen LogP contribution in [0.2, 0.25) is 0 Å². The number of piperazine rings is 1. The Morgan fingerprint density at radius 1 is 0.933 bits per heavy atom. The lowest BCUT2D eigenvalue weighted by molar-refractivity contribution is 0.0532. The number of carbonyl (C=O) groups is 2. The Hall–Kier alpha value is -3.13. The summed E-state index contributed by atoms with van der Waals surface area (Å²) in [6.45, 7) is 1.94. The minimum absolute atomic E-state index is 0.0381. The topological polar surface area (TPSA) is 78.5 Å². The van der Waals surface area contributed by atoms with Crippen LogP contribution in [0.1, 0.15) is 20.8 Å². The third-order valence-corrected chi connectivity index (χ3v) is 5.67. The zero-order valence-electron chi connectivity index (χ0n) is 16.5.